The largest absolute Gasteiger partial charge is 0.366 e. The van der Waals surface area contributed by atoms with Gasteiger partial charge in [-0.2, -0.15) is 0 Å². The number of carbonyl (C=O) groups is 3. The lowest BCUT2D eigenvalue weighted by Gasteiger charge is -2.35. The van der Waals surface area contributed by atoms with E-state index in [1.54, 1.807) is 11.8 Å². The second-order valence-electron chi connectivity index (χ2n) is 8.90. The lowest BCUT2D eigenvalue weighted by Crippen LogP contribution is -2.49. The summed E-state index contributed by atoms with van der Waals surface area (Å²) >= 11 is 0. The molecule has 0 aromatic carbocycles. The van der Waals surface area contributed by atoms with E-state index in [0.717, 1.165) is 44.5 Å². The Labute approximate surface area is 190 Å². The molecule has 2 aliphatic heterocycles. The molecule has 3 rings (SSSR count). The van der Waals surface area contributed by atoms with Crippen molar-refractivity contribution in [3.63, 3.8) is 0 Å². The van der Waals surface area contributed by atoms with Crippen molar-refractivity contribution in [1.82, 2.24) is 20.1 Å². The Morgan fingerprint density at radius 3 is 2.28 bits per heavy atom. The number of hydrogen-bond donors (Lipinski definition) is 2. The number of rotatable bonds is 4. The maximum Gasteiger partial charge on any atom is 0.321 e. The third-order valence-corrected chi connectivity index (χ3v) is 6.45. The second kappa shape index (κ2) is 10.6. The van der Waals surface area contributed by atoms with Crippen molar-refractivity contribution in [3.8, 4) is 0 Å². The third-order valence-electron chi connectivity index (χ3n) is 6.45. The van der Waals surface area contributed by atoms with Gasteiger partial charge in [-0.25, -0.2) is 4.79 Å². The number of nitrogens with two attached hydrogens (primary N) is 1. The van der Waals surface area contributed by atoms with E-state index in [1.807, 2.05) is 30.9 Å². The predicted octanol–water partition coefficient (Wildman–Crippen LogP) is 2.74. The number of nitrogens with one attached hydrogen (secondary N) is 1. The molecule has 2 fully saturated rings. The highest BCUT2D eigenvalue weighted by Crippen LogP contribution is 2.23. The molecule has 8 heteroatoms. The first-order valence-corrected chi connectivity index (χ1v) is 11.6. The first-order valence-electron chi connectivity index (χ1n) is 11.6. The third kappa shape index (κ3) is 5.66. The fourth-order valence-corrected chi connectivity index (χ4v) is 4.54. The topological polar surface area (TPSA) is 109 Å². The standard InChI is InChI=1S/C24H35N5O3/c1-16-10-11-20(18(3)26-16)21(17(2)22(25)30)27-24(32)29-14-8-9-19(15-29)23(31)28-12-6-4-5-7-13-28/h10-11,19H,4-9,12-15H2,1-3H3,(H2,25,30)(H,27,32)/b21-17-. The van der Waals surface area contributed by atoms with Gasteiger partial charge in [0, 0.05) is 48.7 Å². The smallest absolute Gasteiger partial charge is 0.321 e. The average Bonchev–Trinajstić information content (AvgIpc) is 3.06. The maximum absolute atomic E-state index is 13.2. The Hall–Kier alpha value is -2.90. The van der Waals surface area contributed by atoms with Crippen LogP contribution in [0.15, 0.2) is 17.7 Å². The quantitative estimate of drug-likeness (QED) is 0.700. The number of urea groups is 1. The summed E-state index contributed by atoms with van der Waals surface area (Å²) in [4.78, 5) is 46.3. The molecule has 1 unspecified atom stereocenters. The number of pyridine rings is 1. The van der Waals surface area contributed by atoms with Crippen molar-refractivity contribution in [2.75, 3.05) is 26.2 Å². The van der Waals surface area contributed by atoms with Crippen molar-refractivity contribution >= 4 is 23.5 Å². The van der Waals surface area contributed by atoms with E-state index in [2.05, 4.69) is 10.3 Å². The molecular formula is C24H35N5O3. The van der Waals surface area contributed by atoms with E-state index in [4.69, 9.17) is 5.73 Å². The van der Waals surface area contributed by atoms with Crippen LogP contribution in [-0.2, 0) is 9.59 Å². The molecule has 0 radical (unpaired) electrons. The van der Waals surface area contributed by atoms with E-state index in [9.17, 15) is 14.4 Å². The average molecular weight is 442 g/mol. The maximum atomic E-state index is 13.2. The number of nitrogens with zero attached hydrogens (tertiary/aromatic N) is 3. The molecular weight excluding hydrogens is 406 g/mol. The van der Waals surface area contributed by atoms with Gasteiger partial charge < -0.3 is 20.9 Å². The Balaban J connectivity index is 1.75. The van der Waals surface area contributed by atoms with Crippen molar-refractivity contribution < 1.29 is 14.4 Å². The molecule has 1 aromatic rings. The number of piperidine rings is 1. The lowest BCUT2D eigenvalue weighted by atomic mass is 9.96. The fraction of sp³-hybridized carbons (Fsp3) is 0.583. The Kier molecular flexibility index (Phi) is 7.88. The highest BCUT2D eigenvalue weighted by atomic mass is 16.2. The molecule has 0 aliphatic carbocycles. The minimum atomic E-state index is -0.604. The first kappa shape index (κ1) is 23.8. The minimum Gasteiger partial charge on any atom is -0.366 e. The van der Waals surface area contributed by atoms with Gasteiger partial charge in [0.05, 0.1) is 11.6 Å². The van der Waals surface area contributed by atoms with E-state index >= 15 is 0 Å². The summed E-state index contributed by atoms with van der Waals surface area (Å²) in [6.45, 7) is 7.89. The molecule has 0 bridgehead atoms. The van der Waals surface area contributed by atoms with Crippen LogP contribution < -0.4 is 11.1 Å². The van der Waals surface area contributed by atoms with Crippen LogP contribution in [0.5, 0.6) is 0 Å². The number of amides is 4. The normalized spacial score (nSPS) is 20.3. The van der Waals surface area contributed by atoms with Gasteiger partial charge in [-0.3, -0.25) is 14.6 Å². The molecule has 32 heavy (non-hydrogen) atoms. The minimum absolute atomic E-state index is 0.159. The van der Waals surface area contributed by atoms with Crippen molar-refractivity contribution in [2.45, 2.75) is 59.3 Å². The van der Waals surface area contributed by atoms with E-state index in [0.29, 0.717) is 30.0 Å². The van der Waals surface area contributed by atoms with E-state index in [-0.39, 0.29) is 23.4 Å². The van der Waals surface area contributed by atoms with Crippen LogP contribution in [0.25, 0.3) is 5.70 Å². The Morgan fingerprint density at radius 1 is 1.00 bits per heavy atom. The number of likely N-dealkylation sites (tertiary alicyclic amines) is 2. The molecule has 3 heterocycles. The summed E-state index contributed by atoms with van der Waals surface area (Å²) in [5.41, 5.74) is 8.38. The highest BCUT2D eigenvalue weighted by Gasteiger charge is 2.32. The zero-order chi connectivity index (χ0) is 23.3. The molecule has 1 aromatic heterocycles. The summed E-state index contributed by atoms with van der Waals surface area (Å²) < 4.78 is 0. The van der Waals surface area contributed by atoms with Crippen LogP contribution in [0.4, 0.5) is 4.79 Å². The Bertz CT molecular complexity index is 903. The van der Waals surface area contributed by atoms with Crippen molar-refractivity contribution in [2.24, 2.45) is 11.7 Å². The lowest BCUT2D eigenvalue weighted by molar-refractivity contribution is -0.136. The van der Waals surface area contributed by atoms with E-state index in [1.165, 1.54) is 12.8 Å². The number of hydrogen-bond acceptors (Lipinski definition) is 4. The van der Waals surface area contributed by atoms with E-state index < -0.39 is 5.91 Å². The first-order chi connectivity index (χ1) is 15.3. The van der Waals surface area contributed by atoms with Crippen LogP contribution >= 0.6 is 0 Å². The van der Waals surface area contributed by atoms with Gasteiger partial charge >= 0.3 is 6.03 Å². The summed E-state index contributed by atoms with van der Waals surface area (Å²) in [7, 11) is 0. The SMILES string of the molecule is C/C(C(N)=O)=C(/NC(=O)N1CCCC(C(=O)N2CCCCCC2)C1)c1ccc(C)nc1C. The molecule has 8 nitrogen and oxygen atoms in total. The number of aromatic nitrogens is 1. The molecule has 174 valence electrons. The monoisotopic (exact) mass is 441 g/mol. The van der Waals surface area contributed by atoms with Gasteiger partial charge in [0.1, 0.15) is 0 Å². The summed E-state index contributed by atoms with van der Waals surface area (Å²) in [6.07, 6.45) is 6.01. The van der Waals surface area contributed by atoms with Crippen LogP contribution in [0.1, 0.15) is 62.4 Å². The van der Waals surface area contributed by atoms with Crippen molar-refractivity contribution in [1.29, 1.82) is 0 Å². The van der Waals surface area contributed by atoms with Gasteiger partial charge in [0.2, 0.25) is 11.8 Å². The number of primary amides is 1. The molecule has 2 saturated heterocycles. The van der Waals surface area contributed by atoms with Gasteiger partial charge in [-0.1, -0.05) is 12.8 Å². The number of aryl methyl sites for hydroxylation is 2. The van der Waals surface area contributed by atoms with Crippen molar-refractivity contribution in [3.05, 3.63) is 34.7 Å². The summed E-state index contributed by atoms with van der Waals surface area (Å²) in [5, 5.41) is 2.89. The second-order valence-corrected chi connectivity index (χ2v) is 8.90. The van der Waals surface area contributed by atoms with Gasteiger partial charge in [0.15, 0.2) is 0 Å². The number of carbonyl (C=O) groups excluding carboxylic acids is 3. The molecule has 0 spiro atoms. The molecule has 2 aliphatic rings. The van der Waals surface area contributed by atoms with Crippen LogP contribution in [0.2, 0.25) is 0 Å². The van der Waals surface area contributed by atoms with Gasteiger partial charge in [-0.15, -0.1) is 0 Å². The molecule has 1 atom stereocenters. The van der Waals surface area contributed by atoms with Gasteiger partial charge in [-0.05, 0) is 58.6 Å². The Morgan fingerprint density at radius 2 is 1.66 bits per heavy atom. The predicted molar refractivity (Wildman–Crippen MR) is 123 cm³/mol. The van der Waals surface area contributed by atoms with Crippen LogP contribution in [-0.4, -0.2) is 58.8 Å². The summed E-state index contributed by atoms with van der Waals surface area (Å²) in [6, 6.07) is 3.34. The highest BCUT2D eigenvalue weighted by molar-refractivity contribution is 6.02. The van der Waals surface area contributed by atoms with Crippen LogP contribution in [0, 0.1) is 19.8 Å². The van der Waals surface area contributed by atoms with Crippen LogP contribution in [0.3, 0.4) is 0 Å². The summed E-state index contributed by atoms with van der Waals surface area (Å²) in [5.74, 6) is -0.625. The molecule has 4 amide bonds. The fourth-order valence-electron chi connectivity index (χ4n) is 4.54. The van der Waals surface area contributed by atoms with Gasteiger partial charge in [0.25, 0.3) is 0 Å². The molecule has 0 saturated carbocycles. The zero-order valence-corrected chi connectivity index (χ0v) is 19.4. The molecule has 3 N–H and O–H groups in total. The zero-order valence-electron chi connectivity index (χ0n) is 19.4.